The van der Waals surface area contributed by atoms with Crippen LogP contribution in [-0.2, 0) is 12.8 Å². The Labute approximate surface area is 190 Å². The second-order valence-electron chi connectivity index (χ2n) is 7.66. The summed E-state index contributed by atoms with van der Waals surface area (Å²) >= 11 is 1.75. The number of nitrogens with zero attached hydrogens (tertiary/aromatic N) is 4. The summed E-state index contributed by atoms with van der Waals surface area (Å²) < 4.78 is 10.7. The molecule has 0 spiro atoms. The zero-order valence-corrected chi connectivity index (χ0v) is 20.0. The third-order valence-electron chi connectivity index (χ3n) is 5.43. The van der Waals surface area contributed by atoms with Crippen molar-refractivity contribution >= 4 is 22.4 Å². The lowest BCUT2D eigenvalue weighted by Gasteiger charge is -2.22. The summed E-state index contributed by atoms with van der Waals surface area (Å²) in [6.07, 6.45) is 4.32. The lowest BCUT2D eigenvalue weighted by Crippen LogP contribution is -2.40. The lowest BCUT2D eigenvalue weighted by atomic mass is 10.1. The molecule has 31 heavy (non-hydrogen) atoms. The van der Waals surface area contributed by atoms with Crippen molar-refractivity contribution in [2.75, 3.05) is 58.9 Å². The van der Waals surface area contributed by atoms with E-state index in [0.717, 1.165) is 73.8 Å². The highest BCUT2D eigenvalue weighted by molar-refractivity contribution is 7.13. The summed E-state index contributed by atoms with van der Waals surface area (Å²) in [5, 5.41) is 6.74. The van der Waals surface area contributed by atoms with Crippen LogP contribution >= 0.6 is 11.3 Å². The molecule has 1 saturated heterocycles. The van der Waals surface area contributed by atoms with Crippen molar-refractivity contribution in [3.05, 3.63) is 34.8 Å². The number of aromatic nitrogens is 1. The normalized spacial score (nSPS) is 14.1. The van der Waals surface area contributed by atoms with E-state index in [0.29, 0.717) is 0 Å². The standard InChI is InChI=1S/C23H35N5O2S/c1-5-24-22(25-12-10-19-17-31-23(26-19)28-13-6-7-14-28)27(2)15-11-18-8-9-20(29-3)21(16-18)30-4/h8-9,16-17H,5-7,10-15H2,1-4H3,(H,24,25). The van der Waals surface area contributed by atoms with Crippen molar-refractivity contribution in [2.24, 2.45) is 4.99 Å². The maximum Gasteiger partial charge on any atom is 0.193 e. The summed E-state index contributed by atoms with van der Waals surface area (Å²) in [6, 6.07) is 6.08. The zero-order valence-electron chi connectivity index (χ0n) is 19.2. The van der Waals surface area contributed by atoms with Crippen LogP contribution < -0.4 is 19.7 Å². The van der Waals surface area contributed by atoms with Crippen molar-refractivity contribution < 1.29 is 9.47 Å². The van der Waals surface area contributed by atoms with Crippen LogP contribution in [-0.4, -0.2) is 69.8 Å². The molecule has 1 aromatic heterocycles. The molecule has 7 nitrogen and oxygen atoms in total. The van der Waals surface area contributed by atoms with Crippen molar-refractivity contribution in [2.45, 2.75) is 32.6 Å². The van der Waals surface area contributed by atoms with Crippen LogP contribution in [0.25, 0.3) is 0 Å². The van der Waals surface area contributed by atoms with Crippen LogP contribution in [0.3, 0.4) is 0 Å². The zero-order chi connectivity index (χ0) is 22.1. The Morgan fingerprint density at radius 3 is 2.68 bits per heavy atom. The first-order valence-electron chi connectivity index (χ1n) is 11.0. The summed E-state index contributed by atoms with van der Waals surface area (Å²) in [4.78, 5) is 14.2. The van der Waals surface area contributed by atoms with Gasteiger partial charge in [0, 0.05) is 51.6 Å². The van der Waals surface area contributed by atoms with Gasteiger partial charge in [-0.25, -0.2) is 4.98 Å². The first kappa shape index (κ1) is 23.2. The minimum atomic E-state index is 0.728. The van der Waals surface area contributed by atoms with Gasteiger partial charge in [-0.05, 0) is 43.9 Å². The largest absolute Gasteiger partial charge is 0.493 e. The Morgan fingerprint density at radius 1 is 1.19 bits per heavy atom. The number of hydrogen-bond donors (Lipinski definition) is 1. The van der Waals surface area contributed by atoms with Crippen LogP contribution in [0, 0.1) is 0 Å². The van der Waals surface area contributed by atoms with Crippen LogP contribution in [0.15, 0.2) is 28.6 Å². The van der Waals surface area contributed by atoms with Gasteiger partial charge in [0.15, 0.2) is 22.6 Å². The van der Waals surface area contributed by atoms with Crippen LogP contribution in [0.1, 0.15) is 31.0 Å². The van der Waals surface area contributed by atoms with Gasteiger partial charge < -0.3 is 24.6 Å². The van der Waals surface area contributed by atoms with E-state index in [-0.39, 0.29) is 0 Å². The van der Waals surface area contributed by atoms with Crippen LogP contribution in [0.4, 0.5) is 5.13 Å². The average molecular weight is 446 g/mol. The number of rotatable bonds is 10. The van der Waals surface area contributed by atoms with Gasteiger partial charge in [0.25, 0.3) is 0 Å². The summed E-state index contributed by atoms with van der Waals surface area (Å²) in [5.74, 6) is 2.45. The second-order valence-corrected chi connectivity index (χ2v) is 8.50. The van der Waals surface area contributed by atoms with Crippen molar-refractivity contribution in [1.29, 1.82) is 0 Å². The quantitative estimate of drug-likeness (QED) is 0.447. The molecule has 170 valence electrons. The molecule has 1 aliphatic heterocycles. The Bertz CT molecular complexity index is 848. The molecule has 1 fully saturated rings. The Kier molecular flexibility index (Phi) is 8.82. The van der Waals surface area contributed by atoms with Gasteiger partial charge in [-0.3, -0.25) is 4.99 Å². The van der Waals surface area contributed by atoms with Gasteiger partial charge in [0.05, 0.1) is 19.9 Å². The third kappa shape index (κ3) is 6.50. The molecule has 0 saturated carbocycles. The third-order valence-corrected chi connectivity index (χ3v) is 6.38. The predicted molar refractivity (Wildman–Crippen MR) is 129 cm³/mol. The Balaban J connectivity index is 1.53. The molecule has 8 heteroatoms. The molecule has 1 aliphatic rings. The van der Waals surface area contributed by atoms with Crippen molar-refractivity contribution in [1.82, 2.24) is 15.2 Å². The number of hydrogen-bond acceptors (Lipinski definition) is 6. The average Bonchev–Trinajstić information content (AvgIpc) is 3.48. The molecule has 0 atom stereocenters. The van der Waals surface area contributed by atoms with E-state index in [1.54, 1.807) is 25.6 Å². The molecule has 2 heterocycles. The monoisotopic (exact) mass is 445 g/mol. The predicted octanol–water partition coefficient (Wildman–Crippen LogP) is 3.44. The number of anilines is 1. The van der Waals surface area contributed by atoms with Gasteiger partial charge in [-0.2, -0.15) is 0 Å². The van der Waals surface area contributed by atoms with E-state index in [4.69, 9.17) is 19.5 Å². The highest BCUT2D eigenvalue weighted by atomic mass is 32.1. The molecule has 0 radical (unpaired) electrons. The van der Waals surface area contributed by atoms with Gasteiger partial charge in [-0.1, -0.05) is 6.07 Å². The maximum absolute atomic E-state index is 5.42. The number of thiazole rings is 1. The van der Waals surface area contributed by atoms with E-state index in [9.17, 15) is 0 Å². The van der Waals surface area contributed by atoms with Gasteiger partial charge >= 0.3 is 0 Å². The number of benzene rings is 1. The molecule has 0 amide bonds. The van der Waals surface area contributed by atoms with Gasteiger partial charge in [0.1, 0.15) is 0 Å². The number of likely N-dealkylation sites (N-methyl/N-ethyl adjacent to an activating group) is 1. The molecule has 0 bridgehead atoms. The molecule has 3 rings (SSSR count). The Morgan fingerprint density at radius 2 is 1.97 bits per heavy atom. The fourth-order valence-corrected chi connectivity index (χ4v) is 4.56. The molecule has 0 unspecified atom stereocenters. The first-order valence-corrected chi connectivity index (χ1v) is 11.9. The van der Waals surface area contributed by atoms with E-state index < -0.39 is 0 Å². The van der Waals surface area contributed by atoms with Crippen LogP contribution in [0.2, 0.25) is 0 Å². The first-order chi connectivity index (χ1) is 15.1. The van der Waals surface area contributed by atoms with Gasteiger partial charge in [0.2, 0.25) is 0 Å². The minimum absolute atomic E-state index is 0.728. The molecular weight excluding hydrogens is 410 g/mol. The smallest absolute Gasteiger partial charge is 0.193 e. The summed E-state index contributed by atoms with van der Waals surface area (Å²) in [7, 11) is 5.40. The molecule has 2 aromatic rings. The van der Waals surface area contributed by atoms with E-state index in [1.807, 2.05) is 12.1 Å². The molecule has 1 aromatic carbocycles. The number of nitrogens with one attached hydrogen (secondary N) is 1. The fraction of sp³-hybridized carbons (Fsp3) is 0.565. The highest BCUT2D eigenvalue weighted by Crippen LogP contribution is 2.28. The van der Waals surface area contributed by atoms with Crippen molar-refractivity contribution in [3.63, 3.8) is 0 Å². The highest BCUT2D eigenvalue weighted by Gasteiger charge is 2.15. The summed E-state index contributed by atoms with van der Waals surface area (Å²) in [5.41, 5.74) is 2.34. The van der Waals surface area contributed by atoms with Gasteiger partial charge in [-0.15, -0.1) is 11.3 Å². The Hall–Kier alpha value is -2.48. The molecule has 1 N–H and O–H groups in total. The van der Waals surface area contributed by atoms with E-state index in [2.05, 4.69) is 40.5 Å². The molecule has 0 aliphatic carbocycles. The second kappa shape index (κ2) is 11.8. The lowest BCUT2D eigenvalue weighted by molar-refractivity contribution is 0.354. The SMILES string of the molecule is CCNC(=NCCc1csc(N2CCCC2)n1)N(C)CCc1ccc(OC)c(OC)c1. The summed E-state index contributed by atoms with van der Waals surface area (Å²) in [6.45, 7) is 6.81. The number of methoxy groups -OCH3 is 2. The van der Waals surface area contributed by atoms with E-state index >= 15 is 0 Å². The minimum Gasteiger partial charge on any atom is -0.493 e. The number of guanidine groups is 1. The number of aliphatic imine (C=N–C) groups is 1. The maximum atomic E-state index is 5.42. The fourth-order valence-electron chi connectivity index (χ4n) is 3.65. The molecular formula is C23H35N5O2S. The van der Waals surface area contributed by atoms with E-state index in [1.165, 1.54) is 18.4 Å². The topological polar surface area (TPSA) is 62.2 Å². The van der Waals surface area contributed by atoms with Crippen molar-refractivity contribution in [3.8, 4) is 11.5 Å². The number of ether oxygens (including phenoxy) is 2. The van der Waals surface area contributed by atoms with Crippen LogP contribution in [0.5, 0.6) is 11.5 Å².